The van der Waals surface area contributed by atoms with E-state index in [0.29, 0.717) is 5.69 Å². The van der Waals surface area contributed by atoms with Crippen LogP contribution >= 0.6 is 11.3 Å². The normalized spacial score (nSPS) is 14.9. The number of nitrogens with zero attached hydrogens (tertiary/aromatic N) is 3. The molecule has 1 saturated heterocycles. The van der Waals surface area contributed by atoms with E-state index in [2.05, 4.69) is 16.8 Å². The van der Waals surface area contributed by atoms with Gasteiger partial charge < -0.3 is 9.64 Å². The second-order valence-electron chi connectivity index (χ2n) is 7.57. The lowest BCUT2D eigenvalue weighted by atomic mass is 10.1. The van der Waals surface area contributed by atoms with Crippen molar-refractivity contribution >= 4 is 33.0 Å². The van der Waals surface area contributed by atoms with Crippen molar-refractivity contribution in [3.05, 3.63) is 39.8 Å². The SMILES string of the molecule is CCCc1nc(COC(=O)c2cc(S(=O)(=O)N(C)C)ccc2N2CCCCC2)cs1. The second kappa shape index (κ2) is 9.89. The number of sulfonamides is 1. The Balaban J connectivity index is 1.87. The molecule has 0 bridgehead atoms. The van der Waals surface area contributed by atoms with Gasteiger partial charge in [-0.1, -0.05) is 6.92 Å². The number of benzene rings is 1. The third kappa shape index (κ3) is 5.19. The molecule has 0 amide bonds. The van der Waals surface area contributed by atoms with Gasteiger partial charge in [-0.25, -0.2) is 22.5 Å². The summed E-state index contributed by atoms with van der Waals surface area (Å²) in [4.78, 5) is 19.7. The number of piperidine rings is 1. The van der Waals surface area contributed by atoms with Gasteiger partial charge in [-0.05, 0) is 50.3 Å². The van der Waals surface area contributed by atoms with Crippen molar-refractivity contribution in [3.8, 4) is 0 Å². The molecule has 0 saturated carbocycles. The van der Waals surface area contributed by atoms with Crippen LogP contribution in [0.4, 0.5) is 5.69 Å². The molecule has 7 nitrogen and oxygen atoms in total. The standard InChI is InChI=1S/C21H29N3O4S2/c1-4-8-20-22-16(15-29-20)14-28-21(25)18-13-17(30(26,27)23(2)3)9-10-19(18)24-11-6-5-7-12-24/h9-10,13,15H,4-8,11-12,14H2,1-3H3. The molecule has 0 aliphatic carbocycles. The largest absolute Gasteiger partial charge is 0.455 e. The fourth-order valence-electron chi connectivity index (χ4n) is 3.42. The maximum absolute atomic E-state index is 13.0. The zero-order valence-corrected chi connectivity index (χ0v) is 19.4. The third-order valence-electron chi connectivity index (χ3n) is 5.08. The molecule has 0 radical (unpaired) electrons. The molecule has 0 N–H and O–H groups in total. The predicted octanol–water partition coefficient (Wildman–Crippen LogP) is 3.69. The molecule has 0 unspecified atom stereocenters. The number of aromatic nitrogens is 1. The number of carbonyl (C=O) groups excluding carboxylic acids is 1. The first-order chi connectivity index (χ1) is 14.3. The van der Waals surface area contributed by atoms with Crippen LogP contribution in [-0.2, 0) is 27.8 Å². The molecule has 1 fully saturated rings. The van der Waals surface area contributed by atoms with Crippen molar-refractivity contribution in [1.82, 2.24) is 9.29 Å². The van der Waals surface area contributed by atoms with E-state index in [4.69, 9.17) is 4.74 Å². The Hall–Kier alpha value is -1.97. The van der Waals surface area contributed by atoms with Crippen LogP contribution in [0.3, 0.4) is 0 Å². The average Bonchev–Trinajstić information content (AvgIpc) is 3.20. The van der Waals surface area contributed by atoms with Gasteiger partial charge in [-0.15, -0.1) is 11.3 Å². The maximum Gasteiger partial charge on any atom is 0.340 e. The molecule has 164 valence electrons. The van der Waals surface area contributed by atoms with E-state index < -0.39 is 16.0 Å². The van der Waals surface area contributed by atoms with Crippen molar-refractivity contribution in [2.75, 3.05) is 32.1 Å². The molecule has 0 atom stereocenters. The van der Waals surface area contributed by atoms with Crippen molar-refractivity contribution in [2.24, 2.45) is 0 Å². The summed E-state index contributed by atoms with van der Waals surface area (Å²) in [6, 6.07) is 4.72. The summed E-state index contributed by atoms with van der Waals surface area (Å²) in [5.74, 6) is -0.531. The van der Waals surface area contributed by atoms with Crippen LogP contribution in [0.2, 0.25) is 0 Å². The van der Waals surface area contributed by atoms with Gasteiger partial charge in [0.15, 0.2) is 0 Å². The highest BCUT2D eigenvalue weighted by Crippen LogP contribution is 2.28. The molecule has 2 aromatic rings. The fourth-order valence-corrected chi connectivity index (χ4v) is 5.23. The number of carbonyl (C=O) groups is 1. The van der Waals surface area contributed by atoms with Gasteiger partial charge in [0.2, 0.25) is 10.0 Å². The second-order valence-corrected chi connectivity index (χ2v) is 10.7. The van der Waals surface area contributed by atoms with Crippen molar-refractivity contribution < 1.29 is 17.9 Å². The Bertz CT molecular complexity index is 980. The van der Waals surface area contributed by atoms with E-state index in [1.165, 1.54) is 20.2 Å². The molecule has 1 aliphatic heterocycles. The smallest absolute Gasteiger partial charge is 0.340 e. The summed E-state index contributed by atoms with van der Waals surface area (Å²) in [7, 11) is -0.706. The van der Waals surface area contributed by atoms with E-state index in [9.17, 15) is 13.2 Å². The minimum absolute atomic E-state index is 0.0726. The maximum atomic E-state index is 13.0. The van der Waals surface area contributed by atoms with Crippen molar-refractivity contribution in [2.45, 2.75) is 50.5 Å². The predicted molar refractivity (Wildman–Crippen MR) is 119 cm³/mol. The number of hydrogen-bond acceptors (Lipinski definition) is 7. The Morgan fingerprint density at radius 2 is 1.97 bits per heavy atom. The van der Waals surface area contributed by atoms with Crippen LogP contribution in [0.1, 0.15) is 53.7 Å². The highest BCUT2D eigenvalue weighted by molar-refractivity contribution is 7.89. The zero-order valence-electron chi connectivity index (χ0n) is 17.8. The van der Waals surface area contributed by atoms with Crippen LogP contribution in [0, 0.1) is 0 Å². The zero-order chi connectivity index (χ0) is 21.7. The highest BCUT2D eigenvalue weighted by Gasteiger charge is 2.25. The summed E-state index contributed by atoms with van der Waals surface area (Å²) in [5.41, 5.74) is 1.72. The Kier molecular flexibility index (Phi) is 7.49. The van der Waals surface area contributed by atoms with E-state index >= 15 is 0 Å². The van der Waals surface area contributed by atoms with Crippen molar-refractivity contribution in [3.63, 3.8) is 0 Å². The molecule has 30 heavy (non-hydrogen) atoms. The first kappa shape index (κ1) is 22.7. The third-order valence-corrected chi connectivity index (χ3v) is 7.85. The molecule has 2 heterocycles. The molecule has 3 rings (SSSR count). The number of aryl methyl sites for hydroxylation is 1. The molecule has 1 aromatic heterocycles. The summed E-state index contributed by atoms with van der Waals surface area (Å²) in [6.45, 7) is 3.85. The molecule has 0 spiro atoms. The van der Waals surface area contributed by atoms with Gasteiger partial charge in [0, 0.05) is 32.6 Å². The van der Waals surface area contributed by atoms with Gasteiger partial charge in [0.05, 0.1) is 26.8 Å². The number of esters is 1. The lowest BCUT2D eigenvalue weighted by Gasteiger charge is -2.30. The summed E-state index contributed by atoms with van der Waals surface area (Å²) < 4.78 is 31.9. The number of rotatable bonds is 8. The Labute approximate surface area is 182 Å². The minimum atomic E-state index is -3.65. The fraction of sp³-hybridized carbons (Fsp3) is 0.524. The molecule has 1 aliphatic rings. The first-order valence-corrected chi connectivity index (χ1v) is 12.6. The molecular formula is C21H29N3O4S2. The number of anilines is 1. The Morgan fingerprint density at radius 3 is 2.63 bits per heavy atom. The topological polar surface area (TPSA) is 79.8 Å². The summed E-state index contributed by atoms with van der Waals surface area (Å²) in [5, 5.41) is 2.92. The van der Waals surface area contributed by atoms with Crippen LogP contribution in [0.15, 0.2) is 28.5 Å². The monoisotopic (exact) mass is 451 g/mol. The minimum Gasteiger partial charge on any atom is -0.455 e. The lowest BCUT2D eigenvalue weighted by Crippen LogP contribution is -2.31. The van der Waals surface area contributed by atoms with Gasteiger partial charge in [0.1, 0.15) is 6.61 Å². The van der Waals surface area contributed by atoms with E-state index in [0.717, 1.165) is 60.2 Å². The highest BCUT2D eigenvalue weighted by atomic mass is 32.2. The van der Waals surface area contributed by atoms with E-state index in [1.54, 1.807) is 23.5 Å². The van der Waals surface area contributed by atoms with Crippen LogP contribution in [0.5, 0.6) is 0 Å². The van der Waals surface area contributed by atoms with Crippen LogP contribution < -0.4 is 4.90 Å². The van der Waals surface area contributed by atoms with E-state index in [1.807, 2.05) is 5.38 Å². The number of ether oxygens (including phenoxy) is 1. The first-order valence-electron chi connectivity index (χ1n) is 10.2. The molecule has 1 aromatic carbocycles. The molecule has 9 heteroatoms. The summed E-state index contributed by atoms with van der Waals surface area (Å²) >= 11 is 1.56. The molecular weight excluding hydrogens is 422 g/mol. The van der Waals surface area contributed by atoms with Gasteiger partial charge in [0.25, 0.3) is 0 Å². The lowest BCUT2D eigenvalue weighted by molar-refractivity contribution is 0.0468. The van der Waals surface area contributed by atoms with Gasteiger partial charge in [-0.3, -0.25) is 0 Å². The van der Waals surface area contributed by atoms with E-state index in [-0.39, 0.29) is 17.1 Å². The van der Waals surface area contributed by atoms with Crippen molar-refractivity contribution in [1.29, 1.82) is 0 Å². The quantitative estimate of drug-likeness (QED) is 0.570. The average molecular weight is 452 g/mol. The summed E-state index contributed by atoms with van der Waals surface area (Å²) in [6.07, 6.45) is 5.17. The Morgan fingerprint density at radius 1 is 1.23 bits per heavy atom. The van der Waals surface area contributed by atoms with Gasteiger partial charge >= 0.3 is 5.97 Å². The number of hydrogen-bond donors (Lipinski definition) is 0. The number of thiazole rings is 1. The van der Waals surface area contributed by atoms with Gasteiger partial charge in [-0.2, -0.15) is 0 Å². The van der Waals surface area contributed by atoms with Crippen LogP contribution in [-0.4, -0.2) is 50.9 Å². The van der Waals surface area contributed by atoms with Crippen LogP contribution in [0.25, 0.3) is 0 Å².